The zero-order valence-electron chi connectivity index (χ0n) is 57.5. The van der Waals surface area contributed by atoms with E-state index in [1.54, 1.807) is 6.08 Å². The van der Waals surface area contributed by atoms with Crippen LogP contribution in [0.25, 0.3) is 0 Å². The third kappa shape index (κ3) is 37.0. The minimum atomic E-state index is -1.99. The van der Waals surface area contributed by atoms with Gasteiger partial charge in [-0.3, -0.25) is 4.79 Å². The normalized spacial score (nSPS) is 28.0. The average molecular weight is 1350 g/mol. The number of aliphatic hydroxyl groups excluding tert-OH is 11. The molecular weight excluding hydrogens is 1230 g/mol. The van der Waals surface area contributed by atoms with Crippen LogP contribution < -0.4 is 5.32 Å². The second-order valence-corrected chi connectivity index (χ2v) is 24.6. The molecule has 1 amide bonds. The highest BCUT2D eigenvalue weighted by molar-refractivity contribution is 5.76. The lowest BCUT2D eigenvalue weighted by atomic mass is 9.96. The first-order valence-electron chi connectivity index (χ1n) is 35.7. The second-order valence-electron chi connectivity index (χ2n) is 24.6. The van der Waals surface area contributed by atoms with E-state index in [9.17, 15) is 61.0 Å². The first kappa shape index (κ1) is 85.6. The van der Waals surface area contributed by atoms with Gasteiger partial charge in [-0.25, -0.2) is 0 Å². The van der Waals surface area contributed by atoms with Gasteiger partial charge in [0, 0.05) is 6.42 Å². The quantitative estimate of drug-likeness (QED) is 0.0199. The van der Waals surface area contributed by atoms with E-state index in [2.05, 4.69) is 165 Å². The summed E-state index contributed by atoms with van der Waals surface area (Å²) in [6.45, 7) is 1.52. The molecule has 0 bridgehead atoms. The number of unbranched alkanes of at least 4 members (excludes halogenated alkanes) is 12. The summed E-state index contributed by atoms with van der Waals surface area (Å²) >= 11 is 0. The summed E-state index contributed by atoms with van der Waals surface area (Å²) in [6.07, 6.45) is 55.2. The molecule has 0 saturated carbocycles. The van der Waals surface area contributed by atoms with Crippen LogP contribution in [0.1, 0.15) is 187 Å². The van der Waals surface area contributed by atoms with E-state index in [1.165, 1.54) is 32.1 Å². The maximum atomic E-state index is 13.4. The number of amides is 1. The van der Waals surface area contributed by atoms with Crippen LogP contribution in [-0.2, 0) is 33.2 Å². The van der Waals surface area contributed by atoms with Crippen molar-refractivity contribution >= 4 is 5.91 Å². The molecule has 3 rings (SSSR count). The zero-order chi connectivity index (χ0) is 69.6. The fourth-order valence-corrected chi connectivity index (χ4v) is 10.8. The van der Waals surface area contributed by atoms with Gasteiger partial charge in [-0.15, -0.1) is 0 Å². The van der Waals surface area contributed by atoms with Gasteiger partial charge in [0.2, 0.25) is 5.91 Å². The summed E-state index contributed by atoms with van der Waals surface area (Å²) in [5.74, 6) is -0.313. The number of allylic oxidation sites excluding steroid dienone is 25. The summed E-state index contributed by atoms with van der Waals surface area (Å²) in [4.78, 5) is 13.4. The van der Waals surface area contributed by atoms with Crippen molar-refractivity contribution in [1.82, 2.24) is 5.32 Å². The van der Waals surface area contributed by atoms with E-state index in [1.807, 2.05) is 6.08 Å². The molecule has 0 aromatic rings. The van der Waals surface area contributed by atoms with Crippen LogP contribution in [0.15, 0.2) is 158 Å². The highest BCUT2D eigenvalue weighted by atomic mass is 16.8. The Labute approximate surface area is 574 Å². The van der Waals surface area contributed by atoms with Crippen molar-refractivity contribution in [3.8, 4) is 0 Å². The molecule has 0 spiro atoms. The molecular formula is C77H123NO18. The van der Waals surface area contributed by atoms with Gasteiger partial charge < -0.3 is 89.9 Å². The number of rotatable bonds is 52. The van der Waals surface area contributed by atoms with Gasteiger partial charge in [0.25, 0.3) is 0 Å². The van der Waals surface area contributed by atoms with Gasteiger partial charge >= 0.3 is 0 Å². The molecule has 0 aromatic heterocycles. The predicted molar refractivity (Wildman–Crippen MR) is 378 cm³/mol. The van der Waals surface area contributed by atoms with Gasteiger partial charge in [0.05, 0.1) is 38.6 Å². The Morgan fingerprint density at radius 3 is 1.17 bits per heavy atom. The lowest BCUT2D eigenvalue weighted by Crippen LogP contribution is -2.66. The van der Waals surface area contributed by atoms with Crippen LogP contribution in [0.5, 0.6) is 0 Å². The molecule has 12 N–H and O–H groups in total. The van der Waals surface area contributed by atoms with Crippen LogP contribution in [0.3, 0.4) is 0 Å². The van der Waals surface area contributed by atoms with E-state index in [0.717, 1.165) is 122 Å². The Kier molecular flexibility index (Phi) is 50.1. The molecule has 3 heterocycles. The molecule has 3 aliphatic rings. The Morgan fingerprint density at radius 2 is 0.729 bits per heavy atom. The molecule has 96 heavy (non-hydrogen) atoms. The van der Waals surface area contributed by atoms with E-state index in [0.29, 0.717) is 12.8 Å². The number of nitrogens with one attached hydrogen (secondary N) is 1. The first-order chi connectivity index (χ1) is 46.8. The Bertz CT molecular complexity index is 2360. The average Bonchev–Trinajstić information content (AvgIpc) is 0.787. The van der Waals surface area contributed by atoms with Crippen molar-refractivity contribution in [3.05, 3.63) is 158 Å². The molecule has 19 nitrogen and oxygen atoms in total. The van der Waals surface area contributed by atoms with Gasteiger partial charge in [0.15, 0.2) is 18.9 Å². The second kappa shape index (κ2) is 56.2. The Morgan fingerprint density at radius 1 is 0.385 bits per heavy atom. The minimum absolute atomic E-state index is 0.202. The van der Waals surface area contributed by atoms with Crippen molar-refractivity contribution in [2.75, 3.05) is 26.4 Å². The fourth-order valence-electron chi connectivity index (χ4n) is 10.8. The zero-order valence-corrected chi connectivity index (χ0v) is 57.5. The molecule has 0 radical (unpaired) electrons. The third-order valence-corrected chi connectivity index (χ3v) is 16.6. The highest BCUT2D eigenvalue weighted by Gasteiger charge is 2.53. The molecule has 19 heteroatoms. The number of hydrogen-bond donors (Lipinski definition) is 12. The number of carbonyl (C=O) groups excluding carboxylic acids is 1. The molecule has 0 aromatic carbocycles. The van der Waals surface area contributed by atoms with Crippen LogP contribution in [0.4, 0.5) is 0 Å². The smallest absolute Gasteiger partial charge is 0.220 e. The third-order valence-electron chi connectivity index (χ3n) is 16.6. The summed E-state index contributed by atoms with van der Waals surface area (Å²) in [6, 6.07) is -1.01. The van der Waals surface area contributed by atoms with E-state index >= 15 is 0 Å². The lowest BCUT2D eigenvalue weighted by Gasteiger charge is -2.48. The highest BCUT2D eigenvalue weighted by Crippen LogP contribution is 2.33. The van der Waals surface area contributed by atoms with Gasteiger partial charge in [0.1, 0.15) is 73.2 Å². The first-order valence-corrected chi connectivity index (χ1v) is 35.7. The Hall–Kier alpha value is -4.59. The van der Waals surface area contributed by atoms with Crippen LogP contribution in [-0.4, -0.2) is 193 Å². The SMILES string of the molecule is CC/C=C\C/C=C\C/C=C\C/C=C\C/C=C\C/C=C\C/C=C\C/C=C\C/C=C\C/C=C\C/C=C\CCCCCCCC(=O)NC(COC1OC(CO)C(OC2OC(CO)C(OC3OC(CO)C(O)C(O)C3O)C(O)C2O)C(O)C1O)C(O)/C=C/CC/C=C/CCCCCCCC. The molecule has 3 fully saturated rings. The molecule has 544 valence electrons. The van der Waals surface area contributed by atoms with Crippen molar-refractivity contribution in [3.63, 3.8) is 0 Å². The largest absolute Gasteiger partial charge is 0.394 e. The predicted octanol–water partition coefficient (Wildman–Crippen LogP) is 10.1. The van der Waals surface area contributed by atoms with Gasteiger partial charge in [-0.1, -0.05) is 223 Å². The molecule has 0 aliphatic carbocycles. The topological polar surface area (TPSA) is 307 Å². The fraction of sp³-hybridized carbons (Fsp3) is 0.649. The van der Waals surface area contributed by atoms with E-state index in [4.69, 9.17) is 28.4 Å². The number of hydrogen-bond acceptors (Lipinski definition) is 18. The summed E-state index contributed by atoms with van der Waals surface area (Å²) in [5, 5.41) is 120. The molecule has 17 atom stereocenters. The van der Waals surface area contributed by atoms with Gasteiger partial charge in [-0.2, -0.15) is 0 Å². The molecule has 3 saturated heterocycles. The van der Waals surface area contributed by atoms with Crippen molar-refractivity contribution in [1.29, 1.82) is 0 Å². The van der Waals surface area contributed by atoms with Crippen LogP contribution >= 0.6 is 0 Å². The number of aliphatic hydroxyl groups is 11. The maximum absolute atomic E-state index is 13.4. The standard InChI is InChI=1S/C77H123NO18/c1-3-5-7-9-11-13-15-17-18-19-20-21-22-23-24-25-26-27-28-29-30-31-32-33-34-35-36-37-38-39-40-41-42-43-45-47-49-51-53-55-65(83)78-60(61(82)54-52-50-48-46-44-16-14-12-10-8-6-4-2)59-91-75-71(89)68(86)73(63(57-80)93-75)96-77-72(90)69(87)74(64(58-81)94-77)95-76-70(88)67(85)66(84)62(56-79)92-76/h5,7,11,13,17-18,20-21,23-24,26-27,29-30,32-33,35-36,38-39,41-42,44,46,52,54,60-64,66-77,79-82,84-90H,3-4,6,8-10,12,14-16,19,22,25,28,31,34,37,40,43,45,47-51,53,55-59H2,1-2H3,(H,78,83)/b7-5-,13-11-,18-17-,21-20-,24-23-,27-26-,30-29-,33-32-,36-35-,39-38-,42-41-,46-44+,54-52+. The molecule has 3 aliphatic heterocycles. The van der Waals surface area contributed by atoms with Gasteiger partial charge in [-0.05, 0) is 116 Å². The Balaban J connectivity index is 1.36. The minimum Gasteiger partial charge on any atom is -0.394 e. The van der Waals surface area contributed by atoms with Crippen molar-refractivity contribution in [2.24, 2.45) is 0 Å². The van der Waals surface area contributed by atoms with Crippen molar-refractivity contribution in [2.45, 2.75) is 291 Å². The van der Waals surface area contributed by atoms with Crippen LogP contribution in [0, 0.1) is 0 Å². The van der Waals surface area contributed by atoms with E-state index in [-0.39, 0.29) is 18.9 Å². The maximum Gasteiger partial charge on any atom is 0.220 e. The monoisotopic (exact) mass is 1350 g/mol. The molecule has 17 unspecified atom stereocenters. The van der Waals surface area contributed by atoms with E-state index < -0.39 is 124 Å². The summed E-state index contributed by atoms with van der Waals surface area (Å²) < 4.78 is 34.2. The van der Waals surface area contributed by atoms with Crippen LogP contribution in [0.2, 0.25) is 0 Å². The summed E-state index contributed by atoms with van der Waals surface area (Å²) in [7, 11) is 0. The number of ether oxygens (including phenoxy) is 6. The number of carbonyl (C=O) groups is 1. The van der Waals surface area contributed by atoms with Crippen molar-refractivity contribution < 1.29 is 89.4 Å². The summed E-state index contributed by atoms with van der Waals surface area (Å²) in [5.41, 5.74) is 0. The lowest BCUT2D eigenvalue weighted by molar-refractivity contribution is -0.379.